The van der Waals surface area contributed by atoms with Crippen LogP contribution in [0.2, 0.25) is 0 Å². The van der Waals surface area contributed by atoms with E-state index in [4.69, 9.17) is 19.3 Å². The highest BCUT2D eigenvalue weighted by Crippen LogP contribution is 2.31. The van der Waals surface area contributed by atoms with Gasteiger partial charge in [0, 0.05) is 0 Å². The number of carbonyl (C=O) groups is 4. The Morgan fingerprint density at radius 3 is 1.52 bits per heavy atom. The van der Waals surface area contributed by atoms with Crippen molar-refractivity contribution in [3.63, 3.8) is 0 Å². The Labute approximate surface area is 142 Å². The van der Waals surface area contributed by atoms with Crippen molar-refractivity contribution >= 4 is 23.7 Å². The predicted octanol–water partition coefficient (Wildman–Crippen LogP) is -0.793. The summed E-state index contributed by atoms with van der Waals surface area (Å²) >= 11 is 0. The summed E-state index contributed by atoms with van der Waals surface area (Å²) in [7, 11) is 0. The van der Waals surface area contributed by atoms with E-state index in [0.717, 1.165) is 0 Å². The third-order valence-electron chi connectivity index (χ3n) is 2.65. The van der Waals surface area contributed by atoms with Gasteiger partial charge in [-0.05, 0) is 0 Å². The molecule has 0 fully saturated rings. The zero-order valence-corrected chi connectivity index (χ0v) is 12.7. The summed E-state index contributed by atoms with van der Waals surface area (Å²) in [5, 5.41) is 9.86. The van der Waals surface area contributed by atoms with Crippen LogP contribution in [0.25, 0.3) is 0 Å². The van der Waals surface area contributed by atoms with Gasteiger partial charge in [-0.15, -0.1) is 19.3 Å². The summed E-state index contributed by atoms with van der Waals surface area (Å²) in [6, 6.07) is 0. The van der Waals surface area contributed by atoms with E-state index in [9.17, 15) is 24.3 Å². The summed E-state index contributed by atoms with van der Waals surface area (Å²) in [4.78, 5) is 48.1. The fourth-order valence-corrected chi connectivity index (χ4v) is 1.72. The molecule has 8 heteroatoms. The second-order valence-electron chi connectivity index (χ2n) is 4.14. The molecular formula is C17H10O8. The van der Waals surface area contributed by atoms with Crippen molar-refractivity contribution < 1.29 is 38.5 Å². The van der Waals surface area contributed by atoms with Crippen molar-refractivity contribution in [2.45, 2.75) is 0 Å². The first-order valence-corrected chi connectivity index (χ1v) is 6.45. The lowest BCUT2D eigenvalue weighted by molar-refractivity contribution is -0.142. The second-order valence-corrected chi connectivity index (χ2v) is 4.14. The first-order chi connectivity index (χ1) is 11.9. The molecule has 0 spiro atoms. The highest BCUT2D eigenvalue weighted by Gasteiger charge is 2.45. The highest BCUT2D eigenvalue weighted by molar-refractivity contribution is 6.34. The van der Waals surface area contributed by atoms with Crippen LogP contribution in [-0.4, -0.2) is 48.6 Å². The summed E-state index contributed by atoms with van der Waals surface area (Å²) < 4.78 is 13.8. The molecule has 0 aromatic heterocycles. The molecule has 1 aliphatic carbocycles. The zero-order chi connectivity index (χ0) is 19.0. The van der Waals surface area contributed by atoms with Crippen molar-refractivity contribution in [3.05, 3.63) is 22.5 Å². The maximum atomic E-state index is 12.1. The van der Waals surface area contributed by atoms with Crippen LogP contribution in [0.4, 0.5) is 0 Å². The Hall–Kier alpha value is -3.96. The van der Waals surface area contributed by atoms with Crippen LogP contribution in [0, 0.1) is 37.0 Å². The minimum atomic E-state index is -1.33. The van der Waals surface area contributed by atoms with Gasteiger partial charge in [-0.3, -0.25) is 4.79 Å². The van der Waals surface area contributed by atoms with Crippen molar-refractivity contribution in [2.24, 2.45) is 0 Å². The Morgan fingerprint density at radius 1 is 0.760 bits per heavy atom. The van der Waals surface area contributed by atoms with Crippen molar-refractivity contribution in [2.75, 3.05) is 19.8 Å². The Morgan fingerprint density at radius 2 is 1.12 bits per heavy atom. The van der Waals surface area contributed by atoms with E-state index in [0.29, 0.717) is 0 Å². The van der Waals surface area contributed by atoms with Gasteiger partial charge in [0.1, 0.15) is 11.1 Å². The molecule has 25 heavy (non-hydrogen) atoms. The SMILES string of the molecule is C#CCOC(=O)C1=C(O)C(=O)C(C(=O)OCC#C)=C1C(=O)OCC#C. The number of rotatable bonds is 6. The second kappa shape index (κ2) is 8.61. The lowest BCUT2D eigenvalue weighted by Crippen LogP contribution is -2.21. The third kappa shape index (κ3) is 4.07. The summed E-state index contributed by atoms with van der Waals surface area (Å²) in [5.41, 5.74) is -2.65. The van der Waals surface area contributed by atoms with Crippen molar-refractivity contribution in [3.8, 4) is 37.0 Å². The van der Waals surface area contributed by atoms with Crippen LogP contribution < -0.4 is 0 Å². The molecule has 0 radical (unpaired) electrons. The van der Waals surface area contributed by atoms with Gasteiger partial charge in [0.2, 0.25) is 5.78 Å². The molecule has 1 N–H and O–H groups in total. The summed E-state index contributed by atoms with van der Waals surface area (Å²) in [6.45, 7) is -1.54. The maximum Gasteiger partial charge on any atom is 0.344 e. The normalized spacial score (nSPS) is 12.8. The topological polar surface area (TPSA) is 116 Å². The molecular weight excluding hydrogens is 332 g/mol. The van der Waals surface area contributed by atoms with E-state index < -0.39 is 66.0 Å². The van der Waals surface area contributed by atoms with E-state index in [1.807, 2.05) is 17.8 Å². The fraction of sp³-hybridized carbons (Fsp3) is 0.176. The zero-order valence-electron chi connectivity index (χ0n) is 12.7. The van der Waals surface area contributed by atoms with E-state index in [1.54, 1.807) is 0 Å². The third-order valence-corrected chi connectivity index (χ3v) is 2.65. The van der Waals surface area contributed by atoms with Crippen LogP contribution in [0.3, 0.4) is 0 Å². The number of aliphatic hydroxyl groups is 1. The molecule has 0 amide bonds. The van der Waals surface area contributed by atoms with Crippen LogP contribution in [0.1, 0.15) is 0 Å². The van der Waals surface area contributed by atoms with Crippen LogP contribution >= 0.6 is 0 Å². The monoisotopic (exact) mass is 342 g/mol. The largest absolute Gasteiger partial charge is 0.503 e. The standard InChI is InChI=1S/C17H10O8/c1-4-7-23-15(20)10-11(16(21)24-8-5-2)13(18)14(19)12(10)17(22)25-9-6-3/h1-3H,7-9H2,(H,18,19). The number of allylic oxidation sites excluding steroid dienone is 1. The van der Waals surface area contributed by atoms with Gasteiger partial charge in [0.05, 0.1) is 5.57 Å². The lowest BCUT2D eigenvalue weighted by atomic mass is 10.1. The van der Waals surface area contributed by atoms with Gasteiger partial charge in [0.15, 0.2) is 25.6 Å². The molecule has 0 aliphatic heterocycles. The first-order valence-electron chi connectivity index (χ1n) is 6.45. The smallest absolute Gasteiger partial charge is 0.344 e. The van der Waals surface area contributed by atoms with Crippen LogP contribution in [-0.2, 0) is 33.4 Å². The Bertz CT molecular complexity index is 820. The van der Waals surface area contributed by atoms with Gasteiger partial charge in [-0.1, -0.05) is 17.8 Å². The van der Waals surface area contributed by atoms with E-state index in [2.05, 4.69) is 14.2 Å². The summed E-state index contributed by atoms with van der Waals surface area (Å²) in [6.07, 6.45) is 14.8. The molecule has 1 rings (SSSR count). The Balaban J connectivity index is 3.41. The fourth-order valence-electron chi connectivity index (χ4n) is 1.72. The molecule has 0 aromatic carbocycles. The minimum absolute atomic E-state index is 0.507. The number of Topliss-reactive ketones (excluding diaryl/α,β-unsaturated/α-hetero) is 1. The predicted molar refractivity (Wildman–Crippen MR) is 81.1 cm³/mol. The highest BCUT2D eigenvalue weighted by atomic mass is 16.5. The molecule has 0 atom stereocenters. The number of ether oxygens (including phenoxy) is 3. The molecule has 126 valence electrons. The average Bonchev–Trinajstić information content (AvgIpc) is 2.87. The van der Waals surface area contributed by atoms with Crippen molar-refractivity contribution in [1.29, 1.82) is 0 Å². The number of carbonyl (C=O) groups excluding carboxylic acids is 4. The molecule has 0 unspecified atom stereocenters. The van der Waals surface area contributed by atoms with Gasteiger partial charge in [0.25, 0.3) is 0 Å². The number of hydrogen-bond acceptors (Lipinski definition) is 8. The number of esters is 3. The van der Waals surface area contributed by atoms with Gasteiger partial charge < -0.3 is 19.3 Å². The number of terminal acetylenes is 3. The van der Waals surface area contributed by atoms with Gasteiger partial charge in [-0.2, -0.15) is 0 Å². The number of aliphatic hydroxyl groups excluding tert-OH is 1. The van der Waals surface area contributed by atoms with E-state index in [1.165, 1.54) is 0 Å². The van der Waals surface area contributed by atoms with E-state index >= 15 is 0 Å². The molecule has 0 aromatic rings. The quantitative estimate of drug-likeness (QED) is 0.289. The number of ketones is 1. The van der Waals surface area contributed by atoms with Crippen molar-refractivity contribution in [1.82, 2.24) is 0 Å². The first kappa shape index (κ1) is 19.1. The molecule has 8 nitrogen and oxygen atoms in total. The van der Waals surface area contributed by atoms with E-state index in [-0.39, 0.29) is 0 Å². The minimum Gasteiger partial charge on any atom is -0.503 e. The number of hydrogen-bond donors (Lipinski definition) is 1. The van der Waals surface area contributed by atoms with Crippen LogP contribution in [0.15, 0.2) is 22.5 Å². The Kier molecular flexibility index (Phi) is 6.58. The molecule has 1 aliphatic rings. The summed E-state index contributed by atoms with van der Waals surface area (Å²) in [5.74, 6) is -0.525. The maximum absolute atomic E-state index is 12.1. The van der Waals surface area contributed by atoms with Gasteiger partial charge in [-0.25, -0.2) is 14.4 Å². The molecule has 0 saturated heterocycles. The van der Waals surface area contributed by atoms with Crippen LogP contribution in [0.5, 0.6) is 0 Å². The average molecular weight is 342 g/mol. The molecule has 0 saturated carbocycles. The molecule has 0 bridgehead atoms. The van der Waals surface area contributed by atoms with Gasteiger partial charge >= 0.3 is 17.9 Å². The molecule has 0 heterocycles. The lowest BCUT2D eigenvalue weighted by Gasteiger charge is -2.08.